The van der Waals surface area contributed by atoms with Crippen molar-refractivity contribution >= 4 is 17.9 Å². The van der Waals surface area contributed by atoms with Gasteiger partial charge in [0.1, 0.15) is 13.2 Å². The molecule has 6 nitrogen and oxygen atoms in total. The number of carbonyl (C=O) groups excluding carboxylic acids is 3. The predicted molar refractivity (Wildman–Crippen MR) is 330 cm³/mol. The van der Waals surface area contributed by atoms with Crippen LogP contribution in [0.2, 0.25) is 0 Å². The second kappa shape index (κ2) is 64.6. The maximum atomic E-state index is 12.8. The standard InChI is InChI=1S/C70H126O6/c1-4-7-10-13-16-18-20-22-24-26-28-29-30-31-32-33-34-35-36-37-38-39-40-41-42-44-45-47-49-51-54-57-60-63-69(72)75-66-67(65-74-68(71)62-59-56-53-15-12-9-6-3)76-70(73)64-61-58-55-52-50-48-46-43-27-25-23-21-19-17-14-11-8-5-2/h19-22,25-28,30-31,67H,4-18,23-24,29,32-66H2,1-3H3/b21-19-,22-20-,27-25-,28-26-,31-30-. The lowest BCUT2D eigenvalue weighted by molar-refractivity contribution is -0.167. The summed E-state index contributed by atoms with van der Waals surface area (Å²) in [6, 6.07) is 0. The van der Waals surface area contributed by atoms with Crippen LogP contribution in [0.25, 0.3) is 0 Å². The summed E-state index contributed by atoms with van der Waals surface area (Å²) in [6.45, 7) is 6.60. The fraction of sp³-hybridized carbons (Fsp3) is 0.814. The van der Waals surface area contributed by atoms with Crippen molar-refractivity contribution in [3.8, 4) is 0 Å². The van der Waals surface area contributed by atoms with Crippen molar-refractivity contribution in [3.63, 3.8) is 0 Å². The third-order valence-electron chi connectivity index (χ3n) is 14.7. The molecule has 0 amide bonds. The molecule has 6 heteroatoms. The molecule has 0 saturated heterocycles. The van der Waals surface area contributed by atoms with E-state index in [9.17, 15) is 14.4 Å². The normalized spacial score (nSPS) is 12.4. The Kier molecular flexibility index (Phi) is 62.2. The lowest BCUT2D eigenvalue weighted by Gasteiger charge is -2.18. The van der Waals surface area contributed by atoms with Crippen molar-refractivity contribution in [2.24, 2.45) is 0 Å². The number of carbonyl (C=O) groups is 3. The van der Waals surface area contributed by atoms with Crippen LogP contribution in [0.3, 0.4) is 0 Å². The van der Waals surface area contributed by atoms with E-state index < -0.39 is 6.10 Å². The van der Waals surface area contributed by atoms with Gasteiger partial charge in [0.05, 0.1) is 0 Å². The van der Waals surface area contributed by atoms with Gasteiger partial charge >= 0.3 is 17.9 Å². The van der Waals surface area contributed by atoms with Gasteiger partial charge in [-0.1, -0.05) is 300 Å². The zero-order chi connectivity index (χ0) is 55.0. The Labute approximate surface area is 472 Å². The first-order chi connectivity index (χ1) is 37.5. The molecule has 1 unspecified atom stereocenters. The molecule has 0 saturated carbocycles. The van der Waals surface area contributed by atoms with Gasteiger partial charge in [0.2, 0.25) is 0 Å². The van der Waals surface area contributed by atoms with Crippen molar-refractivity contribution in [2.75, 3.05) is 13.2 Å². The third-order valence-corrected chi connectivity index (χ3v) is 14.7. The summed E-state index contributed by atoms with van der Waals surface area (Å²) < 4.78 is 16.8. The molecule has 1 atom stereocenters. The van der Waals surface area contributed by atoms with E-state index in [4.69, 9.17) is 14.2 Å². The van der Waals surface area contributed by atoms with Crippen LogP contribution in [-0.2, 0) is 28.6 Å². The van der Waals surface area contributed by atoms with Crippen LogP contribution in [0.5, 0.6) is 0 Å². The van der Waals surface area contributed by atoms with Gasteiger partial charge in [-0.2, -0.15) is 0 Å². The molecule has 0 spiro atoms. The number of esters is 3. The van der Waals surface area contributed by atoms with Gasteiger partial charge in [-0.05, 0) is 89.9 Å². The highest BCUT2D eigenvalue weighted by Gasteiger charge is 2.19. The quantitative estimate of drug-likeness (QED) is 0.0261. The first-order valence-corrected chi connectivity index (χ1v) is 33.3. The first-order valence-electron chi connectivity index (χ1n) is 33.3. The molecule has 0 aromatic rings. The van der Waals surface area contributed by atoms with Crippen LogP contribution in [0, 0.1) is 0 Å². The highest BCUT2D eigenvalue weighted by Crippen LogP contribution is 2.17. The summed E-state index contributed by atoms with van der Waals surface area (Å²) in [4.78, 5) is 38.1. The summed E-state index contributed by atoms with van der Waals surface area (Å²) >= 11 is 0. The fourth-order valence-electron chi connectivity index (χ4n) is 9.72. The third kappa shape index (κ3) is 62.0. The second-order valence-corrected chi connectivity index (χ2v) is 22.4. The minimum atomic E-state index is -0.774. The van der Waals surface area contributed by atoms with E-state index in [1.54, 1.807) is 0 Å². The lowest BCUT2D eigenvalue weighted by atomic mass is 10.0. The highest BCUT2D eigenvalue weighted by molar-refractivity contribution is 5.71. The first kappa shape index (κ1) is 73.1. The molecule has 0 aliphatic rings. The van der Waals surface area contributed by atoms with Crippen molar-refractivity contribution in [1.29, 1.82) is 0 Å². The molecule has 0 N–H and O–H groups in total. The van der Waals surface area contributed by atoms with Crippen LogP contribution in [0.4, 0.5) is 0 Å². The molecule has 0 fully saturated rings. The highest BCUT2D eigenvalue weighted by atomic mass is 16.6. The second-order valence-electron chi connectivity index (χ2n) is 22.4. The topological polar surface area (TPSA) is 78.9 Å². The molecular weight excluding hydrogens is 937 g/mol. The van der Waals surface area contributed by atoms with Crippen LogP contribution < -0.4 is 0 Å². The number of unbranched alkanes of at least 4 members (excludes halogenated alkanes) is 40. The summed E-state index contributed by atoms with van der Waals surface area (Å²) in [5.74, 6) is -0.872. The SMILES string of the molecule is CCCCCC/C=C\C/C=C\CCCCCCCCCC(=O)OC(COC(=O)CCCCCCCCC)COC(=O)CCCCCCCCCCCCCCCCCCCC/C=C\C/C=C\C/C=C\CCCCCCC. The average molecular weight is 1060 g/mol. The molecule has 0 aliphatic heterocycles. The number of hydrogen-bond acceptors (Lipinski definition) is 6. The van der Waals surface area contributed by atoms with Crippen molar-refractivity contribution in [2.45, 2.75) is 354 Å². The van der Waals surface area contributed by atoms with Gasteiger partial charge in [-0.25, -0.2) is 0 Å². The lowest BCUT2D eigenvalue weighted by Crippen LogP contribution is -2.30. The Bertz CT molecular complexity index is 1360. The van der Waals surface area contributed by atoms with E-state index in [0.717, 1.165) is 83.5 Å². The molecule has 0 heterocycles. The molecule has 442 valence electrons. The zero-order valence-corrected chi connectivity index (χ0v) is 50.8. The Morgan fingerprint density at radius 3 is 0.750 bits per heavy atom. The molecule has 0 rings (SSSR count). The average Bonchev–Trinajstić information content (AvgIpc) is 3.42. The Balaban J connectivity index is 4.01. The Hall–Kier alpha value is -2.89. The molecule has 0 aromatic heterocycles. The molecule has 0 radical (unpaired) electrons. The van der Waals surface area contributed by atoms with E-state index in [-0.39, 0.29) is 31.1 Å². The van der Waals surface area contributed by atoms with E-state index in [1.165, 1.54) is 225 Å². The largest absolute Gasteiger partial charge is 0.462 e. The Morgan fingerprint density at radius 2 is 0.474 bits per heavy atom. The minimum Gasteiger partial charge on any atom is -0.462 e. The van der Waals surface area contributed by atoms with E-state index in [1.807, 2.05) is 0 Å². The number of rotatable bonds is 61. The molecule has 0 bridgehead atoms. The van der Waals surface area contributed by atoms with E-state index >= 15 is 0 Å². The van der Waals surface area contributed by atoms with Crippen LogP contribution in [0.15, 0.2) is 60.8 Å². The van der Waals surface area contributed by atoms with Crippen molar-refractivity contribution in [1.82, 2.24) is 0 Å². The molecular formula is C70H126O6. The zero-order valence-electron chi connectivity index (χ0n) is 50.8. The number of hydrogen-bond donors (Lipinski definition) is 0. The monoisotopic (exact) mass is 1060 g/mol. The number of allylic oxidation sites excluding steroid dienone is 10. The Morgan fingerprint density at radius 1 is 0.263 bits per heavy atom. The molecule has 0 aromatic carbocycles. The van der Waals surface area contributed by atoms with E-state index in [0.29, 0.717) is 19.3 Å². The molecule has 0 aliphatic carbocycles. The predicted octanol–water partition coefficient (Wildman–Crippen LogP) is 22.7. The van der Waals surface area contributed by atoms with E-state index in [2.05, 4.69) is 81.5 Å². The maximum Gasteiger partial charge on any atom is 0.306 e. The molecule has 76 heavy (non-hydrogen) atoms. The smallest absolute Gasteiger partial charge is 0.306 e. The summed E-state index contributed by atoms with van der Waals surface area (Å²) in [7, 11) is 0. The maximum absolute atomic E-state index is 12.8. The van der Waals surface area contributed by atoms with Crippen molar-refractivity contribution in [3.05, 3.63) is 60.8 Å². The van der Waals surface area contributed by atoms with Gasteiger partial charge in [0, 0.05) is 19.3 Å². The van der Waals surface area contributed by atoms with Gasteiger partial charge in [0.15, 0.2) is 6.10 Å². The minimum absolute atomic E-state index is 0.0736. The summed E-state index contributed by atoms with van der Waals surface area (Å²) in [5.41, 5.74) is 0. The fourth-order valence-corrected chi connectivity index (χ4v) is 9.72. The van der Waals surface area contributed by atoms with Gasteiger partial charge < -0.3 is 14.2 Å². The van der Waals surface area contributed by atoms with Gasteiger partial charge in [0.25, 0.3) is 0 Å². The summed E-state index contributed by atoms with van der Waals surface area (Å²) in [6.07, 6.45) is 82.7. The number of ether oxygens (including phenoxy) is 3. The van der Waals surface area contributed by atoms with Crippen molar-refractivity contribution < 1.29 is 28.6 Å². The van der Waals surface area contributed by atoms with Crippen LogP contribution in [0.1, 0.15) is 348 Å². The van der Waals surface area contributed by atoms with Crippen LogP contribution >= 0.6 is 0 Å². The van der Waals surface area contributed by atoms with Gasteiger partial charge in [-0.3, -0.25) is 14.4 Å². The van der Waals surface area contributed by atoms with Gasteiger partial charge in [-0.15, -0.1) is 0 Å². The summed E-state index contributed by atoms with van der Waals surface area (Å²) in [5, 5.41) is 0. The van der Waals surface area contributed by atoms with Crippen LogP contribution in [-0.4, -0.2) is 37.2 Å².